The van der Waals surface area contributed by atoms with Gasteiger partial charge in [-0.15, -0.1) is 23.2 Å². The van der Waals surface area contributed by atoms with Crippen LogP contribution in [0.25, 0.3) is 0 Å². The van der Waals surface area contributed by atoms with Crippen molar-refractivity contribution in [2.75, 3.05) is 9.80 Å². The van der Waals surface area contributed by atoms with Crippen LogP contribution in [0.4, 0.5) is 39.0 Å². The van der Waals surface area contributed by atoms with Gasteiger partial charge in [0.2, 0.25) is 17.6 Å². The molecule has 258 valence electrons. The van der Waals surface area contributed by atoms with Crippen LogP contribution in [-0.2, 0) is 19.2 Å². The van der Waals surface area contributed by atoms with Gasteiger partial charge < -0.3 is 5.11 Å². The van der Waals surface area contributed by atoms with E-state index in [0.717, 1.165) is 17.0 Å². The molecule has 1 saturated carbocycles. The Morgan fingerprint density at radius 3 is 2.02 bits per heavy atom. The number of nitrogens with zero attached hydrogens (tertiary/aromatic N) is 3. The number of rotatable bonds is 4. The molecule has 6 atom stereocenters. The minimum absolute atomic E-state index is 0.0138. The Balaban J connectivity index is 1.41. The van der Waals surface area contributed by atoms with Gasteiger partial charge in [-0.2, -0.15) is 0 Å². The van der Waals surface area contributed by atoms with Crippen LogP contribution in [-0.4, -0.2) is 43.4 Å². The van der Waals surface area contributed by atoms with Crippen LogP contribution in [0.2, 0.25) is 0 Å². The van der Waals surface area contributed by atoms with E-state index in [4.69, 9.17) is 23.2 Å². The van der Waals surface area contributed by atoms with Gasteiger partial charge in [0.15, 0.2) is 33.0 Å². The van der Waals surface area contributed by atoms with E-state index < -0.39 is 103 Å². The molecule has 2 aliphatic carbocycles. The third kappa shape index (κ3) is 4.19. The number of amides is 4. The lowest BCUT2D eigenvalue weighted by Gasteiger charge is -2.50. The summed E-state index contributed by atoms with van der Waals surface area (Å²) in [6.07, 6.45) is 0.745. The molecule has 0 radical (unpaired) electrons. The van der Waals surface area contributed by atoms with Crippen molar-refractivity contribution in [2.45, 2.75) is 35.4 Å². The normalized spacial score (nSPS) is 28.8. The lowest BCUT2D eigenvalue weighted by Crippen LogP contribution is -2.60. The highest BCUT2D eigenvalue weighted by atomic mass is 35.5. The van der Waals surface area contributed by atoms with Crippen molar-refractivity contribution in [3.05, 3.63) is 104 Å². The van der Waals surface area contributed by atoms with Gasteiger partial charge in [-0.25, -0.2) is 26.9 Å². The lowest BCUT2D eigenvalue weighted by atomic mass is 9.56. The van der Waals surface area contributed by atoms with E-state index >= 15 is 8.78 Å². The van der Waals surface area contributed by atoms with Crippen LogP contribution >= 0.6 is 23.2 Å². The number of carbonyl (C=O) groups excluding carboxylic acids is 4. The first kappa shape index (κ1) is 33.6. The first-order chi connectivity index (χ1) is 23.5. The number of halogens is 7. The van der Waals surface area contributed by atoms with Gasteiger partial charge in [-0.05, 0) is 55.0 Å². The number of phenolic OH excluding ortho intramolecular Hbond substituents is 1. The number of nitro groups is 1. The summed E-state index contributed by atoms with van der Waals surface area (Å²) >= 11 is 14.2. The number of alkyl halides is 2. The Morgan fingerprint density at radius 1 is 0.840 bits per heavy atom. The fourth-order valence-electron chi connectivity index (χ4n) is 7.78. The summed E-state index contributed by atoms with van der Waals surface area (Å²) in [6.45, 7) is 1.49. The number of fused-ring (bicyclic) bond motifs is 4. The number of hydrogen-bond donors (Lipinski definition) is 1. The number of nitro benzene ring substituents is 1. The van der Waals surface area contributed by atoms with Crippen molar-refractivity contribution < 1.29 is 51.2 Å². The maximum absolute atomic E-state index is 15.2. The lowest BCUT2D eigenvalue weighted by molar-refractivity contribution is -0.384. The predicted octanol–water partition coefficient (Wildman–Crippen LogP) is 6.07. The third-order valence-electron chi connectivity index (χ3n) is 10.1. The number of allylic oxidation sites excluding steroid dienone is 2. The standard InChI is InChI=1S/C33H20Cl2F5N3O7/c1-12-10-13(2-9-19(12)44)21-16-7-8-17-20(29(46)41(28(17)45)14-3-5-15(6-4-14)43(49)50)18(16)11-32(34)30(47)42(31(48)33(21,32)35)27-25(39)23(37)22(36)24(38)26(27)40/h2-7,9-10,17-18,20-21,44H,8,11H2,1H3/t17-,18+,20-,21-,32+,33-/m0/s1. The maximum atomic E-state index is 15.2. The van der Waals surface area contributed by atoms with Gasteiger partial charge in [0.1, 0.15) is 11.4 Å². The summed E-state index contributed by atoms with van der Waals surface area (Å²) in [5.41, 5.74) is -1.56. The zero-order valence-electron chi connectivity index (χ0n) is 25.2. The molecule has 2 saturated heterocycles. The van der Waals surface area contributed by atoms with Gasteiger partial charge in [-0.1, -0.05) is 23.8 Å². The van der Waals surface area contributed by atoms with Crippen LogP contribution in [0.3, 0.4) is 0 Å². The fraction of sp³-hybridized carbons (Fsp3) is 0.273. The van der Waals surface area contributed by atoms with E-state index in [0.29, 0.717) is 0 Å². The Kier molecular flexibility index (Phi) is 7.43. The highest BCUT2D eigenvalue weighted by Crippen LogP contribution is 2.66. The molecule has 10 nitrogen and oxygen atoms in total. The van der Waals surface area contributed by atoms with Crippen LogP contribution in [0, 0.1) is 63.9 Å². The molecule has 0 unspecified atom stereocenters. The first-order valence-electron chi connectivity index (χ1n) is 14.9. The van der Waals surface area contributed by atoms with Crippen molar-refractivity contribution in [1.29, 1.82) is 0 Å². The van der Waals surface area contributed by atoms with Gasteiger partial charge in [0.25, 0.3) is 17.5 Å². The van der Waals surface area contributed by atoms with Crippen LogP contribution < -0.4 is 9.80 Å². The number of hydrogen-bond acceptors (Lipinski definition) is 7. The Hall–Kier alpha value is -4.89. The van der Waals surface area contributed by atoms with Crippen molar-refractivity contribution in [2.24, 2.45) is 17.8 Å². The number of anilines is 2. The first-order valence-corrected chi connectivity index (χ1v) is 15.6. The summed E-state index contributed by atoms with van der Waals surface area (Å²) in [5.74, 6) is -22.2. The summed E-state index contributed by atoms with van der Waals surface area (Å²) < 4.78 is 73.1. The second-order valence-corrected chi connectivity index (χ2v) is 13.8. The van der Waals surface area contributed by atoms with E-state index in [1.54, 1.807) is 0 Å². The molecule has 17 heteroatoms. The Bertz CT molecular complexity index is 2120. The number of benzene rings is 3. The molecule has 2 aliphatic heterocycles. The van der Waals surface area contributed by atoms with E-state index in [1.807, 2.05) is 0 Å². The van der Waals surface area contributed by atoms with E-state index in [9.17, 15) is 47.6 Å². The topological polar surface area (TPSA) is 138 Å². The molecule has 7 rings (SSSR count). The molecule has 3 fully saturated rings. The minimum Gasteiger partial charge on any atom is -0.508 e. The quantitative estimate of drug-likeness (QED) is 0.0502. The summed E-state index contributed by atoms with van der Waals surface area (Å²) in [5, 5.41) is 21.4. The number of imide groups is 2. The maximum Gasteiger partial charge on any atom is 0.269 e. The molecular weight excluding hydrogens is 716 g/mol. The monoisotopic (exact) mass is 735 g/mol. The molecule has 0 spiro atoms. The smallest absolute Gasteiger partial charge is 0.269 e. The van der Waals surface area contributed by atoms with Gasteiger partial charge in [-0.3, -0.25) is 34.2 Å². The number of aryl methyl sites for hydroxylation is 1. The second-order valence-electron chi connectivity index (χ2n) is 12.5. The van der Waals surface area contributed by atoms with E-state index in [-0.39, 0.29) is 45.1 Å². The van der Waals surface area contributed by atoms with Crippen molar-refractivity contribution in [3.63, 3.8) is 0 Å². The van der Waals surface area contributed by atoms with Crippen LogP contribution in [0.1, 0.15) is 29.9 Å². The third-order valence-corrected chi connectivity index (χ3v) is 11.5. The molecule has 3 aromatic rings. The fourth-order valence-corrected chi connectivity index (χ4v) is 8.71. The second kappa shape index (κ2) is 11.1. The molecule has 3 aromatic carbocycles. The summed E-state index contributed by atoms with van der Waals surface area (Å²) in [7, 11) is 0. The van der Waals surface area contributed by atoms with Crippen molar-refractivity contribution in [1.82, 2.24) is 0 Å². The number of phenols is 1. The molecule has 0 aromatic heterocycles. The Morgan fingerprint density at radius 2 is 1.44 bits per heavy atom. The molecule has 4 aliphatic rings. The van der Waals surface area contributed by atoms with E-state index in [2.05, 4.69) is 0 Å². The largest absolute Gasteiger partial charge is 0.508 e. The predicted molar refractivity (Wildman–Crippen MR) is 165 cm³/mol. The highest BCUT2D eigenvalue weighted by molar-refractivity contribution is 6.58. The molecule has 1 N–H and O–H groups in total. The van der Waals surface area contributed by atoms with E-state index in [1.165, 1.54) is 43.3 Å². The molecule has 0 bridgehead atoms. The van der Waals surface area contributed by atoms with Gasteiger partial charge in [0.05, 0.1) is 22.4 Å². The highest BCUT2D eigenvalue weighted by Gasteiger charge is 2.77. The average Bonchev–Trinajstić information content (AvgIpc) is 3.42. The van der Waals surface area contributed by atoms with Gasteiger partial charge in [0, 0.05) is 18.1 Å². The molecule has 4 amide bonds. The number of aromatic hydroxyl groups is 1. The van der Waals surface area contributed by atoms with Crippen LogP contribution in [0.15, 0.2) is 54.1 Å². The van der Waals surface area contributed by atoms with Crippen molar-refractivity contribution in [3.8, 4) is 5.75 Å². The van der Waals surface area contributed by atoms with Gasteiger partial charge >= 0.3 is 0 Å². The van der Waals surface area contributed by atoms with Crippen LogP contribution in [0.5, 0.6) is 5.75 Å². The molecular formula is C33H20Cl2F5N3O7. The van der Waals surface area contributed by atoms with Crippen molar-refractivity contribution >= 4 is 63.9 Å². The number of carbonyl (C=O) groups is 4. The molecule has 50 heavy (non-hydrogen) atoms. The molecule has 2 heterocycles. The summed E-state index contributed by atoms with van der Waals surface area (Å²) in [6, 6.07) is 8.55. The average molecular weight is 736 g/mol. The summed E-state index contributed by atoms with van der Waals surface area (Å²) in [4.78, 5) is 62.0. The SMILES string of the molecule is Cc1cc([C@H]2C3=CC[C@@H]4C(=O)N(c5ccc([N+](=O)[O-])cc5)C(=O)[C@@H]4[C@@H]3C[C@@]3(Cl)C(=O)N(c4c(F)c(F)c(F)c(F)c4F)C(=O)[C@@]23Cl)ccc1O. The zero-order chi connectivity index (χ0) is 36.4. The number of non-ortho nitro benzene ring substituents is 1. The minimum atomic E-state index is -2.70. The zero-order valence-corrected chi connectivity index (χ0v) is 26.7. The Labute approximate surface area is 287 Å².